The average molecular weight is 476 g/mol. The lowest BCUT2D eigenvalue weighted by Gasteiger charge is -2.41. The molecule has 2 N–H and O–H groups in total. The van der Waals surface area contributed by atoms with Gasteiger partial charge in [0.25, 0.3) is 5.91 Å². The minimum absolute atomic E-state index is 0.0307. The van der Waals surface area contributed by atoms with Gasteiger partial charge in [0, 0.05) is 24.9 Å². The summed E-state index contributed by atoms with van der Waals surface area (Å²) < 4.78 is 10.5. The van der Waals surface area contributed by atoms with Crippen LogP contribution < -0.4 is 5.32 Å². The molecule has 35 heavy (non-hydrogen) atoms. The van der Waals surface area contributed by atoms with Crippen LogP contribution in [0.1, 0.15) is 40.0 Å². The average Bonchev–Trinajstić information content (AvgIpc) is 3.43. The Morgan fingerprint density at radius 1 is 1.11 bits per heavy atom. The Kier molecular flexibility index (Phi) is 5.98. The second-order valence-corrected chi connectivity index (χ2v) is 8.95. The quantitative estimate of drug-likeness (QED) is 0.536. The summed E-state index contributed by atoms with van der Waals surface area (Å²) in [5.74, 6) is -1.83. The van der Waals surface area contributed by atoms with Crippen molar-refractivity contribution in [2.45, 2.75) is 19.4 Å². The number of nitrogens with zero attached hydrogens (tertiary/aromatic N) is 2. The number of carbonyl (C=O) groups excluding carboxylic acids is 2. The van der Waals surface area contributed by atoms with Crippen molar-refractivity contribution >= 4 is 18.0 Å². The number of ether oxygens (including phenoxy) is 1. The van der Waals surface area contributed by atoms with Crippen LogP contribution in [-0.4, -0.2) is 52.8 Å². The molecule has 9 heteroatoms. The highest BCUT2D eigenvalue weighted by Crippen LogP contribution is 2.44. The van der Waals surface area contributed by atoms with Crippen molar-refractivity contribution in [3.8, 4) is 11.1 Å². The molecule has 2 amide bonds. The van der Waals surface area contributed by atoms with Gasteiger partial charge < -0.3 is 24.6 Å². The molecule has 1 saturated heterocycles. The second-order valence-electron chi connectivity index (χ2n) is 8.95. The van der Waals surface area contributed by atoms with Crippen molar-refractivity contribution in [1.29, 1.82) is 0 Å². The van der Waals surface area contributed by atoms with Crippen LogP contribution >= 0.6 is 0 Å². The van der Waals surface area contributed by atoms with Gasteiger partial charge in [-0.05, 0) is 22.3 Å². The van der Waals surface area contributed by atoms with E-state index in [4.69, 9.17) is 14.4 Å². The highest BCUT2D eigenvalue weighted by Gasteiger charge is 2.38. The second kappa shape index (κ2) is 9.25. The summed E-state index contributed by atoms with van der Waals surface area (Å²) in [7, 11) is 0. The van der Waals surface area contributed by atoms with Crippen LogP contribution in [0.4, 0.5) is 4.79 Å². The first-order chi connectivity index (χ1) is 16.9. The monoisotopic (exact) mass is 475 g/mol. The molecule has 1 unspecified atom stereocenters. The first kappa shape index (κ1) is 22.6. The zero-order chi connectivity index (χ0) is 24.5. The summed E-state index contributed by atoms with van der Waals surface area (Å²) in [5.41, 5.74) is 5.07. The molecule has 3 aromatic rings. The Balaban J connectivity index is 1.16. The molecule has 1 aliphatic carbocycles. The molecular formula is C26H25N3O6. The van der Waals surface area contributed by atoms with Gasteiger partial charge in [0.1, 0.15) is 24.1 Å². The van der Waals surface area contributed by atoms with Crippen LogP contribution in [-0.2, 0) is 16.1 Å². The Bertz CT molecular complexity index is 1230. The number of hydrogen-bond donors (Lipinski definition) is 2. The third-order valence-electron chi connectivity index (χ3n) is 6.91. The molecule has 1 aliphatic heterocycles. The Hall–Kier alpha value is -4.14. The zero-order valence-electron chi connectivity index (χ0n) is 19.1. The number of aliphatic carboxylic acids is 1. The molecular weight excluding hydrogens is 450 g/mol. The van der Waals surface area contributed by atoms with Crippen molar-refractivity contribution in [1.82, 2.24) is 15.4 Å². The minimum Gasteiger partial charge on any atom is -0.481 e. The largest absolute Gasteiger partial charge is 0.481 e. The van der Waals surface area contributed by atoms with E-state index in [0.717, 1.165) is 22.3 Å². The number of aromatic nitrogens is 1. The Morgan fingerprint density at radius 3 is 2.37 bits per heavy atom. The van der Waals surface area contributed by atoms with E-state index in [-0.39, 0.29) is 36.5 Å². The third kappa shape index (κ3) is 4.25. The molecule has 2 aliphatic rings. The van der Waals surface area contributed by atoms with Crippen LogP contribution in [0.25, 0.3) is 11.1 Å². The van der Waals surface area contributed by atoms with E-state index in [0.29, 0.717) is 18.8 Å². The van der Waals surface area contributed by atoms with E-state index in [1.165, 1.54) is 6.26 Å². The molecule has 9 nitrogen and oxygen atoms in total. The van der Waals surface area contributed by atoms with Crippen LogP contribution in [0.3, 0.4) is 0 Å². The summed E-state index contributed by atoms with van der Waals surface area (Å²) in [5, 5.41) is 15.6. The molecule has 2 aromatic carbocycles. The highest BCUT2D eigenvalue weighted by molar-refractivity contribution is 5.95. The summed E-state index contributed by atoms with van der Waals surface area (Å²) >= 11 is 0. The topological polar surface area (TPSA) is 122 Å². The SMILES string of the molecule is CC(C(=O)O)C1CN(C(=O)c2conc2CNC(=O)OCC2c3ccccc3-c3ccccc32)C1. The van der Waals surface area contributed by atoms with Crippen molar-refractivity contribution in [3.63, 3.8) is 0 Å². The maximum absolute atomic E-state index is 12.8. The number of nitrogens with one attached hydrogen (secondary N) is 1. The molecule has 1 fully saturated rings. The van der Waals surface area contributed by atoms with E-state index in [1.807, 2.05) is 36.4 Å². The number of likely N-dealkylation sites (tertiary alicyclic amines) is 1. The van der Waals surface area contributed by atoms with Gasteiger partial charge in [-0.25, -0.2) is 4.79 Å². The third-order valence-corrected chi connectivity index (χ3v) is 6.91. The number of benzene rings is 2. The number of carbonyl (C=O) groups is 3. The van der Waals surface area contributed by atoms with Crippen LogP contribution in [0.5, 0.6) is 0 Å². The van der Waals surface area contributed by atoms with Gasteiger partial charge >= 0.3 is 12.1 Å². The fourth-order valence-corrected chi connectivity index (χ4v) is 4.73. The van der Waals surface area contributed by atoms with Gasteiger partial charge in [-0.3, -0.25) is 9.59 Å². The fourth-order valence-electron chi connectivity index (χ4n) is 4.73. The normalized spacial score (nSPS) is 15.6. The smallest absolute Gasteiger partial charge is 0.407 e. The number of carboxylic acids is 1. The molecule has 0 radical (unpaired) electrons. The molecule has 0 bridgehead atoms. The lowest BCUT2D eigenvalue weighted by atomic mass is 9.86. The molecule has 0 saturated carbocycles. The predicted octanol–water partition coefficient (Wildman–Crippen LogP) is 3.51. The number of amides is 2. The number of fused-ring (bicyclic) bond motifs is 3. The molecule has 0 spiro atoms. The summed E-state index contributed by atoms with van der Waals surface area (Å²) in [4.78, 5) is 37.9. The zero-order valence-corrected chi connectivity index (χ0v) is 19.1. The number of carboxylic acid groups (broad SMARTS) is 1. The van der Waals surface area contributed by atoms with E-state index < -0.39 is 18.0 Å². The maximum Gasteiger partial charge on any atom is 0.407 e. The van der Waals surface area contributed by atoms with E-state index in [9.17, 15) is 14.4 Å². The molecule has 180 valence electrons. The van der Waals surface area contributed by atoms with Gasteiger partial charge in [-0.15, -0.1) is 0 Å². The standard InChI is InChI=1S/C26H25N3O6/c1-15(25(31)32)16-11-29(12-16)24(30)22-14-35-28-23(22)10-27-26(33)34-13-21-19-8-4-2-6-17(19)18-7-3-5-9-20(18)21/h2-9,14-16,21H,10-13H2,1H3,(H,27,33)(H,31,32). The van der Waals surface area contributed by atoms with Crippen LogP contribution in [0, 0.1) is 11.8 Å². The molecule has 1 aromatic heterocycles. The van der Waals surface area contributed by atoms with Gasteiger partial charge in [0.05, 0.1) is 12.5 Å². The van der Waals surface area contributed by atoms with E-state index in [2.05, 4.69) is 22.6 Å². The van der Waals surface area contributed by atoms with Crippen LogP contribution in [0.2, 0.25) is 0 Å². The van der Waals surface area contributed by atoms with E-state index >= 15 is 0 Å². The van der Waals surface area contributed by atoms with Crippen LogP contribution in [0.15, 0.2) is 59.3 Å². The predicted molar refractivity (Wildman–Crippen MR) is 125 cm³/mol. The van der Waals surface area contributed by atoms with Gasteiger partial charge in [-0.2, -0.15) is 0 Å². The lowest BCUT2D eigenvalue weighted by molar-refractivity contribution is -0.144. The molecule has 5 rings (SSSR count). The van der Waals surface area contributed by atoms with Gasteiger partial charge in [-0.1, -0.05) is 60.6 Å². The maximum atomic E-state index is 12.8. The van der Waals surface area contributed by atoms with Gasteiger partial charge in [0.15, 0.2) is 0 Å². The summed E-state index contributed by atoms with van der Waals surface area (Å²) in [6, 6.07) is 16.2. The molecule has 2 heterocycles. The lowest BCUT2D eigenvalue weighted by Crippen LogP contribution is -2.53. The Labute approximate surface area is 201 Å². The van der Waals surface area contributed by atoms with Crippen molar-refractivity contribution in [3.05, 3.63) is 77.2 Å². The minimum atomic E-state index is -0.875. The Morgan fingerprint density at radius 2 is 1.74 bits per heavy atom. The van der Waals surface area contributed by atoms with E-state index in [1.54, 1.807) is 11.8 Å². The summed E-state index contributed by atoms with van der Waals surface area (Å²) in [6.45, 7) is 2.50. The first-order valence-electron chi connectivity index (χ1n) is 11.5. The van der Waals surface area contributed by atoms with Gasteiger partial charge in [0.2, 0.25) is 0 Å². The summed E-state index contributed by atoms with van der Waals surface area (Å²) in [6.07, 6.45) is 0.623. The molecule has 1 atom stereocenters. The highest BCUT2D eigenvalue weighted by atomic mass is 16.5. The number of rotatable bonds is 7. The fraction of sp³-hybridized carbons (Fsp3) is 0.308. The van der Waals surface area contributed by atoms with Crippen molar-refractivity contribution in [2.24, 2.45) is 11.8 Å². The van der Waals surface area contributed by atoms with Crippen molar-refractivity contribution in [2.75, 3.05) is 19.7 Å². The number of alkyl carbamates (subject to hydrolysis) is 1. The first-order valence-corrected chi connectivity index (χ1v) is 11.5. The number of hydrogen-bond acceptors (Lipinski definition) is 6. The van der Waals surface area contributed by atoms with Crippen molar-refractivity contribution < 1.29 is 28.8 Å².